The second kappa shape index (κ2) is 7.75. The number of methoxy groups -OCH3 is 2. The summed E-state index contributed by atoms with van der Waals surface area (Å²) in [5.41, 5.74) is 6.80. The molecule has 19 heavy (non-hydrogen) atoms. The van der Waals surface area contributed by atoms with E-state index < -0.39 is 18.0 Å². The van der Waals surface area contributed by atoms with E-state index in [0.717, 1.165) is 5.69 Å². The lowest BCUT2D eigenvalue weighted by Crippen LogP contribution is -2.33. The summed E-state index contributed by atoms with van der Waals surface area (Å²) in [5, 5.41) is 0. The van der Waals surface area contributed by atoms with Crippen LogP contribution in [0.4, 0.5) is 0 Å². The van der Waals surface area contributed by atoms with Crippen molar-refractivity contribution in [3.05, 3.63) is 29.6 Å². The molecule has 104 valence electrons. The monoisotopic (exact) mass is 284 g/mol. The first-order valence-corrected chi connectivity index (χ1v) is 6.68. The van der Waals surface area contributed by atoms with Crippen molar-refractivity contribution >= 4 is 23.7 Å². The molecule has 1 aromatic rings. The maximum Gasteiger partial charge on any atom is 0.339 e. The standard InChI is InChI=1S/C12H16N2O4S/c1-17-11(15)8-3-4-9(14-5-8)6-19-7-10(13)12(16)18-2/h3-5,10H,6-7,13H2,1-2H3. The summed E-state index contributed by atoms with van der Waals surface area (Å²) >= 11 is 1.47. The van der Waals surface area contributed by atoms with Gasteiger partial charge in [0.2, 0.25) is 0 Å². The summed E-state index contributed by atoms with van der Waals surface area (Å²) < 4.78 is 9.10. The van der Waals surface area contributed by atoms with E-state index in [9.17, 15) is 9.59 Å². The number of nitrogens with two attached hydrogens (primary N) is 1. The molecule has 0 amide bonds. The Hall–Kier alpha value is -1.60. The van der Waals surface area contributed by atoms with Gasteiger partial charge in [0.05, 0.1) is 25.5 Å². The van der Waals surface area contributed by atoms with Crippen LogP contribution in [0, 0.1) is 0 Å². The first-order valence-electron chi connectivity index (χ1n) is 5.53. The van der Waals surface area contributed by atoms with Crippen molar-refractivity contribution in [3.8, 4) is 0 Å². The molecule has 1 unspecified atom stereocenters. The summed E-state index contributed by atoms with van der Waals surface area (Å²) in [6.07, 6.45) is 1.46. The van der Waals surface area contributed by atoms with Gasteiger partial charge in [0, 0.05) is 17.7 Å². The molecule has 7 heteroatoms. The number of aromatic nitrogens is 1. The van der Waals surface area contributed by atoms with E-state index in [1.54, 1.807) is 12.1 Å². The van der Waals surface area contributed by atoms with Crippen LogP contribution in [0.2, 0.25) is 0 Å². The predicted molar refractivity (Wildman–Crippen MR) is 71.7 cm³/mol. The van der Waals surface area contributed by atoms with E-state index in [4.69, 9.17) is 5.73 Å². The molecule has 1 aromatic heterocycles. The third-order valence-corrected chi connectivity index (χ3v) is 3.39. The van der Waals surface area contributed by atoms with Crippen LogP contribution in [0.15, 0.2) is 18.3 Å². The number of nitrogens with zero attached hydrogens (tertiary/aromatic N) is 1. The van der Waals surface area contributed by atoms with Crippen molar-refractivity contribution in [2.45, 2.75) is 11.8 Å². The van der Waals surface area contributed by atoms with E-state index >= 15 is 0 Å². The van der Waals surface area contributed by atoms with Crippen molar-refractivity contribution in [2.24, 2.45) is 5.73 Å². The van der Waals surface area contributed by atoms with Gasteiger partial charge in [0.1, 0.15) is 6.04 Å². The molecule has 1 rings (SSSR count). The van der Waals surface area contributed by atoms with Crippen LogP contribution in [-0.4, -0.2) is 42.9 Å². The Balaban J connectivity index is 2.42. The molecule has 0 aromatic carbocycles. The van der Waals surface area contributed by atoms with Crippen LogP contribution in [0.25, 0.3) is 0 Å². The number of hydrogen-bond acceptors (Lipinski definition) is 7. The van der Waals surface area contributed by atoms with Crippen LogP contribution >= 0.6 is 11.8 Å². The van der Waals surface area contributed by atoms with Crippen LogP contribution in [0.5, 0.6) is 0 Å². The Labute approximate surface area is 115 Å². The van der Waals surface area contributed by atoms with Crippen molar-refractivity contribution < 1.29 is 19.1 Å². The van der Waals surface area contributed by atoms with E-state index in [1.807, 2.05) is 0 Å². The van der Waals surface area contributed by atoms with Gasteiger partial charge in [-0.25, -0.2) is 4.79 Å². The fourth-order valence-corrected chi connectivity index (χ4v) is 2.15. The number of rotatable bonds is 6. The van der Waals surface area contributed by atoms with Crippen molar-refractivity contribution in [2.75, 3.05) is 20.0 Å². The molecule has 0 radical (unpaired) electrons. The highest BCUT2D eigenvalue weighted by Gasteiger charge is 2.13. The number of carbonyl (C=O) groups excluding carboxylic acids is 2. The van der Waals surface area contributed by atoms with Crippen LogP contribution in [0.1, 0.15) is 16.1 Å². The number of hydrogen-bond donors (Lipinski definition) is 1. The zero-order valence-electron chi connectivity index (χ0n) is 10.8. The zero-order chi connectivity index (χ0) is 14.3. The normalized spacial score (nSPS) is 11.7. The van der Waals surface area contributed by atoms with Crippen molar-refractivity contribution in [1.82, 2.24) is 4.98 Å². The zero-order valence-corrected chi connectivity index (χ0v) is 11.6. The van der Waals surface area contributed by atoms with Gasteiger partial charge in [-0.05, 0) is 12.1 Å². The van der Waals surface area contributed by atoms with Gasteiger partial charge in [-0.2, -0.15) is 11.8 Å². The number of thioether (sulfide) groups is 1. The molecule has 0 spiro atoms. The van der Waals surface area contributed by atoms with Gasteiger partial charge in [0.15, 0.2) is 0 Å². The molecule has 1 atom stereocenters. The van der Waals surface area contributed by atoms with Crippen LogP contribution < -0.4 is 5.73 Å². The minimum Gasteiger partial charge on any atom is -0.468 e. The van der Waals surface area contributed by atoms with E-state index in [-0.39, 0.29) is 0 Å². The van der Waals surface area contributed by atoms with Gasteiger partial charge in [-0.15, -0.1) is 0 Å². The van der Waals surface area contributed by atoms with E-state index in [1.165, 1.54) is 32.2 Å². The Morgan fingerprint density at radius 3 is 2.63 bits per heavy atom. The quantitative estimate of drug-likeness (QED) is 0.765. The third kappa shape index (κ3) is 4.88. The molecule has 1 heterocycles. The molecule has 0 bridgehead atoms. The molecule has 0 fully saturated rings. The highest BCUT2D eigenvalue weighted by Crippen LogP contribution is 2.12. The fraction of sp³-hybridized carbons (Fsp3) is 0.417. The van der Waals surface area contributed by atoms with Crippen LogP contribution in [0.3, 0.4) is 0 Å². The fourth-order valence-electron chi connectivity index (χ4n) is 1.26. The minimum atomic E-state index is -0.635. The minimum absolute atomic E-state index is 0.405. The Morgan fingerprint density at radius 1 is 1.37 bits per heavy atom. The molecular formula is C12H16N2O4S. The van der Waals surface area contributed by atoms with E-state index in [2.05, 4.69) is 14.5 Å². The highest BCUT2D eigenvalue weighted by atomic mass is 32.2. The number of ether oxygens (including phenoxy) is 2. The molecule has 0 aliphatic rings. The smallest absolute Gasteiger partial charge is 0.339 e. The molecule has 0 aliphatic heterocycles. The van der Waals surface area contributed by atoms with E-state index in [0.29, 0.717) is 17.1 Å². The highest BCUT2D eigenvalue weighted by molar-refractivity contribution is 7.98. The molecule has 0 saturated heterocycles. The van der Waals surface area contributed by atoms with Crippen molar-refractivity contribution in [1.29, 1.82) is 0 Å². The summed E-state index contributed by atoms with van der Waals surface area (Å²) in [6, 6.07) is 2.75. The Kier molecular flexibility index (Phi) is 6.31. The first-order chi connectivity index (χ1) is 9.08. The van der Waals surface area contributed by atoms with Crippen LogP contribution in [-0.2, 0) is 20.0 Å². The predicted octanol–water partition coefficient (Wildman–Crippen LogP) is 0.602. The average Bonchev–Trinajstić information content (AvgIpc) is 2.46. The average molecular weight is 284 g/mol. The second-order valence-electron chi connectivity index (χ2n) is 3.67. The summed E-state index contributed by atoms with van der Waals surface area (Å²) in [7, 11) is 2.63. The number of carbonyl (C=O) groups is 2. The molecule has 2 N–H and O–H groups in total. The SMILES string of the molecule is COC(=O)c1ccc(CSCC(N)C(=O)OC)nc1. The van der Waals surface area contributed by atoms with Gasteiger partial charge in [-0.1, -0.05) is 0 Å². The second-order valence-corrected chi connectivity index (χ2v) is 4.70. The van der Waals surface area contributed by atoms with Gasteiger partial charge in [0.25, 0.3) is 0 Å². The maximum atomic E-state index is 11.2. The lowest BCUT2D eigenvalue weighted by Gasteiger charge is -2.08. The van der Waals surface area contributed by atoms with Crippen molar-refractivity contribution in [3.63, 3.8) is 0 Å². The van der Waals surface area contributed by atoms with Gasteiger partial charge in [-0.3, -0.25) is 9.78 Å². The number of esters is 2. The Morgan fingerprint density at radius 2 is 2.11 bits per heavy atom. The third-order valence-electron chi connectivity index (χ3n) is 2.30. The molecule has 0 aliphatic carbocycles. The molecular weight excluding hydrogens is 268 g/mol. The van der Waals surface area contributed by atoms with Gasteiger partial charge >= 0.3 is 11.9 Å². The maximum absolute atomic E-state index is 11.2. The largest absolute Gasteiger partial charge is 0.468 e. The first kappa shape index (κ1) is 15.5. The molecule has 0 saturated carbocycles. The Bertz CT molecular complexity index is 436. The molecule has 6 nitrogen and oxygen atoms in total. The topological polar surface area (TPSA) is 91.5 Å². The number of pyridine rings is 1. The lowest BCUT2D eigenvalue weighted by molar-refractivity contribution is -0.141. The summed E-state index contributed by atoms with van der Waals surface area (Å²) in [5.74, 6) is 0.208. The summed E-state index contributed by atoms with van der Waals surface area (Å²) in [4.78, 5) is 26.4. The van der Waals surface area contributed by atoms with Gasteiger partial charge < -0.3 is 15.2 Å². The lowest BCUT2D eigenvalue weighted by atomic mass is 10.2. The summed E-state index contributed by atoms with van der Waals surface area (Å²) in [6.45, 7) is 0.